The van der Waals surface area contributed by atoms with Gasteiger partial charge in [-0.2, -0.15) is 4.98 Å². The summed E-state index contributed by atoms with van der Waals surface area (Å²) in [6.07, 6.45) is 6.25. The van der Waals surface area contributed by atoms with Gasteiger partial charge in [-0.05, 0) is 18.9 Å². The van der Waals surface area contributed by atoms with Crippen LogP contribution >= 0.6 is 0 Å². The van der Waals surface area contributed by atoms with Gasteiger partial charge in [0.05, 0.1) is 0 Å². The molecule has 0 saturated carbocycles. The van der Waals surface area contributed by atoms with Crippen LogP contribution in [0, 0.1) is 0 Å². The van der Waals surface area contributed by atoms with E-state index in [1.807, 2.05) is 13.8 Å². The van der Waals surface area contributed by atoms with Gasteiger partial charge in [-0.3, -0.25) is 4.79 Å². The molecule has 1 fully saturated rings. The van der Waals surface area contributed by atoms with E-state index in [1.54, 1.807) is 18.5 Å². The maximum absolute atomic E-state index is 12.2. The van der Waals surface area contributed by atoms with E-state index >= 15 is 0 Å². The number of anilines is 1. The highest BCUT2D eigenvalue weighted by molar-refractivity contribution is 5.76. The van der Waals surface area contributed by atoms with Crippen LogP contribution in [0.4, 0.5) is 5.95 Å². The van der Waals surface area contributed by atoms with Gasteiger partial charge in [-0.15, -0.1) is 0 Å². The van der Waals surface area contributed by atoms with Crippen molar-refractivity contribution in [2.75, 3.05) is 18.0 Å². The fourth-order valence-corrected chi connectivity index (χ4v) is 2.86. The highest BCUT2D eigenvalue weighted by Crippen LogP contribution is 2.15. The molecule has 1 N–H and O–H groups in total. The minimum absolute atomic E-state index is 0.00475. The first-order valence-corrected chi connectivity index (χ1v) is 8.75. The van der Waals surface area contributed by atoms with Gasteiger partial charge in [0.25, 0.3) is 0 Å². The smallest absolute Gasteiger partial charge is 0.227 e. The van der Waals surface area contributed by atoms with Crippen LogP contribution < -0.4 is 10.2 Å². The molecule has 1 atom stereocenters. The lowest BCUT2D eigenvalue weighted by molar-refractivity contribution is -0.121. The third kappa shape index (κ3) is 4.74. The van der Waals surface area contributed by atoms with E-state index in [2.05, 4.69) is 30.3 Å². The first-order chi connectivity index (χ1) is 12.1. The number of aromatic nitrogens is 4. The van der Waals surface area contributed by atoms with Crippen molar-refractivity contribution < 1.29 is 9.32 Å². The van der Waals surface area contributed by atoms with Gasteiger partial charge >= 0.3 is 0 Å². The zero-order valence-electron chi connectivity index (χ0n) is 14.7. The third-order valence-electron chi connectivity index (χ3n) is 4.19. The summed E-state index contributed by atoms with van der Waals surface area (Å²) >= 11 is 0. The Morgan fingerprint density at radius 1 is 1.40 bits per heavy atom. The largest absolute Gasteiger partial charge is 0.352 e. The summed E-state index contributed by atoms with van der Waals surface area (Å²) in [6, 6.07) is 1.91. The Labute approximate surface area is 147 Å². The number of carbonyl (C=O) groups excluding carboxylic acids is 1. The second-order valence-electron chi connectivity index (χ2n) is 6.60. The Balaban J connectivity index is 1.47. The molecule has 3 rings (SSSR count). The number of piperidine rings is 1. The standard InChI is InChI=1S/C17H24N6O2/c1-12(2)16-21-15(25-22-16)7-6-14(24)20-13-5-3-10-23(11-13)17-18-8-4-9-19-17/h4,8-9,12-13H,3,5-7,10-11H2,1-2H3,(H,20,24)/t13-/m1/s1. The fourth-order valence-electron chi connectivity index (χ4n) is 2.86. The van der Waals surface area contributed by atoms with Crippen molar-refractivity contribution in [3.63, 3.8) is 0 Å². The van der Waals surface area contributed by atoms with Crippen LogP contribution in [0.15, 0.2) is 23.0 Å². The summed E-state index contributed by atoms with van der Waals surface area (Å²) in [4.78, 5) is 27.2. The maximum atomic E-state index is 12.2. The average molecular weight is 344 g/mol. The zero-order chi connectivity index (χ0) is 17.6. The number of rotatable bonds is 6. The van der Waals surface area contributed by atoms with Crippen molar-refractivity contribution in [1.29, 1.82) is 0 Å². The number of aryl methyl sites for hydroxylation is 1. The Morgan fingerprint density at radius 2 is 2.20 bits per heavy atom. The van der Waals surface area contributed by atoms with Gasteiger partial charge in [0.2, 0.25) is 17.7 Å². The molecule has 0 bridgehead atoms. The zero-order valence-corrected chi connectivity index (χ0v) is 14.7. The van der Waals surface area contributed by atoms with E-state index in [4.69, 9.17) is 4.52 Å². The van der Waals surface area contributed by atoms with Crippen LogP contribution in [-0.2, 0) is 11.2 Å². The minimum Gasteiger partial charge on any atom is -0.352 e. The molecule has 2 aromatic heterocycles. The van der Waals surface area contributed by atoms with Gasteiger partial charge < -0.3 is 14.7 Å². The summed E-state index contributed by atoms with van der Waals surface area (Å²) in [7, 11) is 0. The predicted molar refractivity (Wildman–Crippen MR) is 92.1 cm³/mol. The fraction of sp³-hybridized carbons (Fsp3) is 0.588. The van der Waals surface area contributed by atoms with Crippen molar-refractivity contribution in [2.45, 2.75) is 51.5 Å². The molecule has 0 aromatic carbocycles. The molecule has 0 spiro atoms. The van der Waals surface area contributed by atoms with Gasteiger partial charge in [-0.25, -0.2) is 9.97 Å². The van der Waals surface area contributed by atoms with Gasteiger partial charge in [0, 0.05) is 50.3 Å². The van der Waals surface area contributed by atoms with Crippen molar-refractivity contribution in [3.8, 4) is 0 Å². The number of nitrogens with zero attached hydrogens (tertiary/aromatic N) is 5. The molecule has 1 amide bonds. The number of amides is 1. The lowest BCUT2D eigenvalue weighted by Crippen LogP contribution is -2.48. The topological polar surface area (TPSA) is 97.0 Å². The Bertz CT molecular complexity index is 687. The summed E-state index contributed by atoms with van der Waals surface area (Å²) in [5.74, 6) is 2.14. The SMILES string of the molecule is CC(C)c1noc(CCC(=O)N[C@@H]2CCCN(c3ncccn3)C2)n1. The quantitative estimate of drug-likeness (QED) is 0.852. The van der Waals surface area contributed by atoms with Gasteiger partial charge in [0.1, 0.15) is 0 Å². The molecule has 2 aromatic rings. The first-order valence-electron chi connectivity index (χ1n) is 8.75. The molecule has 8 heteroatoms. The maximum Gasteiger partial charge on any atom is 0.227 e. The molecule has 8 nitrogen and oxygen atoms in total. The van der Waals surface area contributed by atoms with Crippen molar-refractivity contribution >= 4 is 11.9 Å². The highest BCUT2D eigenvalue weighted by Gasteiger charge is 2.23. The van der Waals surface area contributed by atoms with Crippen LogP contribution in [0.5, 0.6) is 0 Å². The van der Waals surface area contributed by atoms with Crippen LogP contribution in [0.2, 0.25) is 0 Å². The average Bonchev–Trinajstić information content (AvgIpc) is 3.10. The summed E-state index contributed by atoms with van der Waals surface area (Å²) in [5, 5.41) is 7.01. The minimum atomic E-state index is 0.00475. The second kappa shape index (κ2) is 8.04. The molecular formula is C17H24N6O2. The predicted octanol–water partition coefficient (Wildman–Crippen LogP) is 1.70. The molecular weight excluding hydrogens is 320 g/mol. The summed E-state index contributed by atoms with van der Waals surface area (Å²) < 4.78 is 5.18. The molecule has 134 valence electrons. The van der Waals surface area contributed by atoms with Crippen LogP contribution in [0.25, 0.3) is 0 Å². The van der Waals surface area contributed by atoms with E-state index < -0.39 is 0 Å². The van der Waals surface area contributed by atoms with E-state index in [0.717, 1.165) is 25.9 Å². The number of carbonyl (C=O) groups is 1. The van der Waals surface area contributed by atoms with Crippen LogP contribution in [0.3, 0.4) is 0 Å². The Morgan fingerprint density at radius 3 is 2.92 bits per heavy atom. The Kier molecular flexibility index (Phi) is 5.57. The monoisotopic (exact) mass is 344 g/mol. The lowest BCUT2D eigenvalue weighted by atomic mass is 10.1. The number of nitrogens with one attached hydrogen (secondary N) is 1. The molecule has 1 aliphatic heterocycles. The van der Waals surface area contributed by atoms with Crippen molar-refractivity contribution in [1.82, 2.24) is 25.4 Å². The molecule has 3 heterocycles. The molecule has 0 radical (unpaired) electrons. The molecule has 1 saturated heterocycles. The second-order valence-corrected chi connectivity index (χ2v) is 6.60. The van der Waals surface area contributed by atoms with E-state index in [0.29, 0.717) is 30.5 Å². The van der Waals surface area contributed by atoms with Gasteiger partial charge in [0.15, 0.2) is 5.82 Å². The Hall–Kier alpha value is -2.51. The van der Waals surface area contributed by atoms with E-state index in [-0.39, 0.29) is 17.9 Å². The molecule has 0 unspecified atom stereocenters. The number of hydrogen-bond acceptors (Lipinski definition) is 7. The lowest BCUT2D eigenvalue weighted by Gasteiger charge is -2.33. The van der Waals surface area contributed by atoms with Crippen molar-refractivity contribution in [3.05, 3.63) is 30.2 Å². The van der Waals surface area contributed by atoms with Crippen LogP contribution in [-0.4, -0.2) is 45.1 Å². The molecule has 0 aliphatic carbocycles. The number of hydrogen-bond donors (Lipinski definition) is 1. The molecule has 1 aliphatic rings. The highest BCUT2D eigenvalue weighted by atomic mass is 16.5. The molecule has 25 heavy (non-hydrogen) atoms. The van der Waals surface area contributed by atoms with E-state index in [9.17, 15) is 4.79 Å². The van der Waals surface area contributed by atoms with Crippen molar-refractivity contribution in [2.24, 2.45) is 0 Å². The first kappa shape index (κ1) is 17.3. The van der Waals surface area contributed by atoms with Gasteiger partial charge in [-0.1, -0.05) is 19.0 Å². The summed E-state index contributed by atoms with van der Waals surface area (Å²) in [6.45, 7) is 5.66. The summed E-state index contributed by atoms with van der Waals surface area (Å²) in [5.41, 5.74) is 0. The third-order valence-corrected chi connectivity index (χ3v) is 4.19. The normalized spacial score (nSPS) is 17.7. The van der Waals surface area contributed by atoms with Crippen LogP contribution in [0.1, 0.15) is 50.7 Å². The van der Waals surface area contributed by atoms with E-state index in [1.165, 1.54) is 0 Å².